The van der Waals surface area contributed by atoms with Gasteiger partial charge in [0.1, 0.15) is 0 Å². The summed E-state index contributed by atoms with van der Waals surface area (Å²) >= 11 is 0. The van der Waals surface area contributed by atoms with Crippen molar-refractivity contribution < 1.29 is 0 Å². The molecule has 0 aromatic heterocycles. The summed E-state index contributed by atoms with van der Waals surface area (Å²) in [6, 6.07) is 1.30. The molecule has 1 heterocycles. The Labute approximate surface area is 62.8 Å². The Morgan fingerprint density at radius 2 is 1.56 bits per heavy atom. The van der Waals surface area contributed by atoms with Crippen LogP contribution in [0.3, 0.4) is 0 Å². The molecule has 0 aromatic carbocycles. The second-order valence-corrected chi connectivity index (χ2v) is 2.63. The van der Waals surface area contributed by atoms with E-state index in [0.717, 1.165) is 13.1 Å². The molecule has 2 N–H and O–H groups in total. The van der Waals surface area contributed by atoms with Crippen LogP contribution in [0.15, 0.2) is 0 Å². The molecule has 56 valence electrons. The zero-order chi connectivity index (χ0) is 5.98. The van der Waals surface area contributed by atoms with E-state index in [-0.39, 0.29) is 12.4 Å². The van der Waals surface area contributed by atoms with Crippen LogP contribution in [-0.2, 0) is 0 Å². The molecule has 2 atom stereocenters. The molecule has 3 heteroatoms. The second-order valence-electron chi connectivity index (χ2n) is 2.63. The molecular formula is C6H15ClN2. The minimum absolute atomic E-state index is 0. The summed E-state index contributed by atoms with van der Waals surface area (Å²) in [6.07, 6.45) is 0. The monoisotopic (exact) mass is 150 g/mol. The van der Waals surface area contributed by atoms with Crippen molar-refractivity contribution in [2.24, 2.45) is 0 Å². The number of piperazine rings is 1. The molecular weight excluding hydrogens is 136 g/mol. The first-order valence-corrected chi connectivity index (χ1v) is 3.26. The fourth-order valence-electron chi connectivity index (χ4n) is 1.12. The quantitative estimate of drug-likeness (QED) is 0.522. The van der Waals surface area contributed by atoms with Crippen molar-refractivity contribution in [2.45, 2.75) is 25.9 Å². The van der Waals surface area contributed by atoms with Crippen LogP contribution >= 0.6 is 12.4 Å². The van der Waals surface area contributed by atoms with Crippen LogP contribution in [-0.4, -0.2) is 25.2 Å². The van der Waals surface area contributed by atoms with Gasteiger partial charge in [-0.15, -0.1) is 12.4 Å². The maximum Gasteiger partial charge on any atom is 0.0167 e. The van der Waals surface area contributed by atoms with E-state index in [4.69, 9.17) is 0 Å². The summed E-state index contributed by atoms with van der Waals surface area (Å²) < 4.78 is 0. The van der Waals surface area contributed by atoms with Gasteiger partial charge in [0.25, 0.3) is 0 Å². The number of nitrogens with one attached hydrogen (secondary N) is 2. The average molecular weight is 151 g/mol. The van der Waals surface area contributed by atoms with Gasteiger partial charge in [-0.1, -0.05) is 0 Å². The van der Waals surface area contributed by atoms with E-state index in [9.17, 15) is 0 Å². The molecule has 0 aliphatic carbocycles. The normalized spacial score (nSPS) is 35.3. The van der Waals surface area contributed by atoms with Gasteiger partial charge in [0, 0.05) is 25.2 Å². The van der Waals surface area contributed by atoms with Crippen molar-refractivity contribution in [1.29, 1.82) is 0 Å². The maximum absolute atomic E-state index is 3.42. The van der Waals surface area contributed by atoms with Gasteiger partial charge in [-0.3, -0.25) is 0 Å². The van der Waals surface area contributed by atoms with Gasteiger partial charge in [-0.2, -0.15) is 0 Å². The molecule has 1 aliphatic rings. The zero-order valence-corrected chi connectivity index (χ0v) is 6.79. The smallest absolute Gasteiger partial charge is 0.0167 e. The first kappa shape index (κ1) is 9.21. The number of hydrogen-bond acceptors (Lipinski definition) is 2. The van der Waals surface area contributed by atoms with E-state index < -0.39 is 0 Å². The highest BCUT2D eigenvalue weighted by atomic mass is 35.5. The zero-order valence-electron chi connectivity index (χ0n) is 5.98. The third-order valence-corrected chi connectivity index (χ3v) is 1.47. The van der Waals surface area contributed by atoms with Gasteiger partial charge < -0.3 is 10.6 Å². The molecule has 1 rings (SSSR count). The summed E-state index contributed by atoms with van der Waals surface area (Å²) in [5, 5.41) is 6.74. The van der Waals surface area contributed by atoms with Crippen molar-refractivity contribution in [3.8, 4) is 0 Å². The van der Waals surface area contributed by atoms with Crippen molar-refractivity contribution in [2.75, 3.05) is 13.1 Å². The van der Waals surface area contributed by atoms with Crippen LogP contribution in [0, 0.1) is 0 Å². The van der Waals surface area contributed by atoms with Crippen molar-refractivity contribution in [3.05, 3.63) is 0 Å². The van der Waals surface area contributed by atoms with E-state index in [1.54, 1.807) is 0 Å². The predicted molar refractivity (Wildman–Crippen MR) is 42.2 cm³/mol. The Morgan fingerprint density at radius 3 is 1.78 bits per heavy atom. The van der Waals surface area contributed by atoms with Crippen LogP contribution in [0.4, 0.5) is 0 Å². The lowest BCUT2D eigenvalue weighted by molar-refractivity contribution is 0.370. The van der Waals surface area contributed by atoms with E-state index in [2.05, 4.69) is 24.5 Å². The van der Waals surface area contributed by atoms with Crippen molar-refractivity contribution in [3.63, 3.8) is 0 Å². The summed E-state index contributed by atoms with van der Waals surface area (Å²) in [6.45, 7) is 6.62. The third-order valence-electron chi connectivity index (χ3n) is 1.47. The maximum atomic E-state index is 3.42. The highest BCUT2D eigenvalue weighted by molar-refractivity contribution is 5.85. The molecule has 0 radical (unpaired) electrons. The van der Waals surface area contributed by atoms with Crippen LogP contribution in [0.5, 0.6) is 0 Å². The molecule has 1 fully saturated rings. The SMILES string of the molecule is C[C@H]1CNC[C@H](C)N1.Cl. The van der Waals surface area contributed by atoms with Gasteiger partial charge >= 0.3 is 0 Å². The first-order valence-electron chi connectivity index (χ1n) is 3.26. The molecule has 0 bridgehead atoms. The van der Waals surface area contributed by atoms with E-state index in [0.29, 0.717) is 12.1 Å². The molecule has 2 nitrogen and oxygen atoms in total. The summed E-state index contributed by atoms with van der Waals surface area (Å²) in [5.74, 6) is 0. The Hall–Kier alpha value is 0.210. The summed E-state index contributed by atoms with van der Waals surface area (Å²) in [5.41, 5.74) is 0. The molecule has 9 heavy (non-hydrogen) atoms. The molecule has 0 unspecified atom stereocenters. The van der Waals surface area contributed by atoms with Crippen LogP contribution in [0.2, 0.25) is 0 Å². The Bertz CT molecular complexity index is 69.5. The fourth-order valence-corrected chi connectivity index (χ4v) is 1.12. The third kappa shape index (κ3) is 3.04. The summed E-state index contributed by atoms with van der Waals surface area (Å²) in [4.78, 5) is 0. The predicted octanol–water partition coefficient (Wildman–Crippen LogP) is 0.378. The minimum atomic E-state index is 0. The number of rotatable bonds is 0. The van der Waals surface area contributed by atoms with E-state index in [1.807, 2.05) is 0 Å². The number of hydrogen-bond donors (Lipinski definition) is 2. The van der Waals surface area contributed by atoms with Crippen LogP contribution in [0.1, 0.15) is 13.8 Å². The first-order chi connectivity index (χ1) is 3.79. The van der Waals surface area contributed by atoms with Gasteiger partial charge in [-0.25, -0.2) is 0 Å². The highest BCUT2D eigenvalue weighted by Crippen LogP contribution is 1.90. The molecule has 0 aromatic rings. The molecule has 0 saturated carbocycles. The highest BCUT2D eigenvalue weighted by Gasteiger charge is 2.11. The van der Waals surface area contributed by atoms with Gasteiger partial charge in [0.05, 0.1) is 0 Å². The molecule has 1 aliphatic heterocycles. The lowest BCUT2D eigenvalue weighted by Gasteiger charge is -2.26. The fraction of sp³-hybridized carbons (Fsp3) is 1.00. The molecule has 1 saturated heterocycles. The lowest BCUT2D eigenvalue weighted by Crippen LogP contribution is -2.52. The standard InChI is InChI=1S/C6H14N2.ClH/c1-5-3-7-4-6(2)8-5;/h5-8H,3-4H2,1-2H3;1H/t5-,6-;/m0./s1. The second kappa shape index (κ2) is 4.09. The van der Waals surface area contributed by atoms with E-state index in [1.165, 1.54) is 0 Å². The number of halogens is 1. The Morgan fingerprint density at radius 1 is 1.11 bits per heavy atom. The van der Waals surface area contributed by atoms with Gasteiger partial charge in [0.15, 0.2) is 0 Å². The lowest BCUT2D eigenvalue weighted by atomic mass is 10.2. The molecule has 0 amide bonds. The van der Waals surface area contributed by atoms with Crippen LogP contribution < -0.4 is 10.6 Å². The van der Waals surface area contributed by atoms with Crippen LogP contribution in [0.25, 0.3) is 0 Å². The Kier molecular flexibility index (Phi) is 4.19. The van der Waals surface area contributed by atoms with Crippen molar-refractivity contribution >= 4 is 12.4 Å². The Balaban J connectivity index is 0.000000640. The van der Waals surface area contributed by atoms with Crippen molar-refractivity contribution in [1.82, 2.24) is 10.6 Å². The minimum Gasteiger partial charge on any atom is -0.314 e. The summed E-state index contributed by atoms with van der Waals surface area (Å²) in [7, 11) is 0. The van der Waals surface area contributed by atoms with Gasteiger partial charge in [0.2, 0.25) is 0 Å². The topological polar surface area (TPSA) is 24.1 Å². The average Bonchev–Trinajstić information content (AvgIpc) is 1.64. The largest absolute Gasteiger partial charge is 0.314 e. The molecule has 0 spiro atoms. The van der Waals surface area contributed by atoms with E-state index >= 15 is 0 Å². The van der Waals surface area contributed by atoms with Gasteiger partial charge in [-0.05, 0) is 13.8 Å².